The number of aliphatic hydroxyl groups is 1. The Morgan fingerprint density at radius 2 is 1.50 bits per heavy atom. The third kappa shape index (κ3) is 7.50. The van der Waals surface area contributed by atoms with Gasteiger partial charge < -0.3 is 15.7 Å². The fourth-order valence-electron chi connectivity index (χ4n) is 2.15. The number of alkyl halides is 6. The Morgan fingerprint density at radius 1 is 1.04 bits per heavy atom. The molecular weight excluding hydrogens is 404 g/mol. The van der Waals surface area contributed by atoms with Crippen LogP contribution in [0.4, 0.5) is 31.1 Å². The number of imide groups is 1. The lowest BCUT2D eigenvalue weighted by molar-refractivity contribution is -0.281. The summed E-state index contributed by atoms with van der Waals surface area (Å²) in [7, 11) is 1.19. The number of rotatable bonds is 7. The molecule has 4 amide bonds. The van der Waals surface area contributed by atoms with Crippen molar-refractivity contribution in [3.05, 3.63) is 0 Å². The van der Waals surface area contributed by atoms with Crippen LogP contribution in [-0.2, 0) is 9.59 Å². The van der Waals surface area contributed by atoms with Crippen molar-refractivity contribution in [1.29, 1.82) is 0 Å². The van der Waals surface area contributed by atoms with Gasteiger partial charge in [-0.3, -0.25) is 14.8 Å². The van der Waals surface area contributed by atoms with Gasteiger partial charge in [-0.05, 0) is 12.3 Å². The summed E-state index contributed by atoms with van der Waals surface area (Å²) in [5.74, 6) is -8.18. The minimum atomic E-state index is -5.74. The van der Waals surface area contributed by atoms with Crippen LogP contribution < -0.4 is 10.6 Å². The van der Waals surface area contributed by atoms with E-state index in [2.05, 4.69) is 5.32 Å². The normalized spacial score (nSPS) is 14.6. The molecule has 0 bridgehead atoms. The van der Waals surface area contributed by atoms with Gasteiger partial charge in [-0.25, -0.2) is 4.79 Å². The van der Waals surface area contributed by atoms with Crippen LogP contribution in [0.15, 0.2) is 0 Å². The number of amides is 4. The van der Waals surface area contributed by atoms with Crippen molar-refractivity contribution in [3.63, 3.8) is 0 Å². The number of nitrogens with zero attached hydrogens (tertiary/aromatic N) is 1. The average Bonchev–Trinajstić information content (AvgIpc) is 2.54. The maximum atomic E-state index is 12.4. The van der Waals surface area contributed by atoms with Crippen molar-refractivity contribution < 1.29 is 51.0 Å². The predicted molar refractivity (Wildman–Crippen MR) is 80.6 cm³/mol. The van der Waals surface area contributed by atoms with Crippen molar-refractivity contribution in [2.75, 3.05) is 13.6 Å². The highest BCUT2D eigenvalue weighted by Crippen LogP contribution is 2.38. The number of hydrogen-bond acceptors (Lipinski definition) is 5. The minimum Gasteiger partial charge on any atom is -0.382 e. The van der Waals surface area contributed by atoms with E-state index in [1.54, 1.807) is 13.8 Å². The molecule has 0 unspecified atom stereocenters. The zero-order valence-corrected chi connectivity index (χ0v) is 15.1. The first-order chi connectivity index (χ1) is 12.5. The predicted octanol–water partition coefficient (Wildman–Crippen LogP) is 1.42. The Hall–Kier alpha value is -2.09. The maximum Gasteiger partial charge on any atom is 0.402 e. The van der Waals surface area contributed by atoms with Crippen molar-refractivity contribution in [1.82, 2.24) is 15.7 Å². The summed E-state index contributed by atoms with van der Waals surface area (Å²) in [6.45, 7) is 1.26. The Morgan fingerprint density at radius 3 is 1.86 bits per heavy atom. The molecule has 0 heterocycles. The standard InChI is InChI=1S/C14H21F6N3O5/c1-6(2)4-7(10(25)21-3)9(24)11(26)23(28)12(27)22-5-8(13(15,16)17)14(18,19)20/h6-9,24,28H,4-5H2,1-3H3,(H,21,25)(H,22,27)/t7-,9+/m1/s1. The highest BCUT2D eigenvalue weighted by atomic mass is 19.4. The van der Waals surface area contributed by atoms with Crippen LogP contribution in [0.2, 0.25) is 0 Å². The molecule has 0 saturated heterocycles. The van der Waals surface area contributed by atoms with Gasteiger partial charge in [-0.15, -0.1) is 5.06 Å². The highest BCUT2D eigenvalue weighted by Gasteiger charge is 2.56. The van der Waals surface area contributed by atoms with Crippen molar-refractivity contribution >= 4 is 17.8 Å². The van der Waals surface area contributed by atoms with E-state index in [1.807, 2.05) is 0 Å². The first-order valence-electron chi connectivity index (χ1n) is 7.87. The fraction of sp³-hybridized carbons (Fsp3) is 0.786. The van der Waals surface area contributed by atoms with Gasteiger partial charge in [0.2, 0.25) is 5.91 Å². The number of urea groups is 1. The van der Waals surface area contributed by atoms with E-state index in [9.17, 15) is 51.0 Å². The van der Waals surface area contributed by atoms with Gasteiger partial charge in [-0.2, -0.15) is 26.3 Å². The molecule has 0 aromatic carbocycles. The second kappa shape index (κ2) is 9.91. The van der Waals surface area contributed by atoms with Gasteiger partial charge in [-0.1, -0.05) is 13.8 Å². The zero-order valence-electron chi connectivity index (χ0n) is 15.1. The molecule has 0 aliphatic rings. The molecule has 14 heteroatoms. The van der Waals surface area contributed by atoms with E-state index in [-0.39, 0.29) is 12.3 Å². The Balaban J connectivity index is 5.19. The number of hydroxylamine groups is 2. The van der Waals surface area contributed by atoms with E-state index in [0.717, 1.165) is 5.32 Å². The number of nitrogens with one attached hydrogen (secondary N) is 2. The van der Waals surface area contributed by atoms with Crippen LogP contribution in [0.1, 0.15) is 20.3 Å². The lowest BCUT2D eigenvalue weighted by Gasteiger charge is -2.26. The second-order valence-electron chi connectivity index (χ2n) is 6.27. The van der Waals surface area contributed by atoms with Crippen LogP contribution >= 0.6 is 0 Å². The number of carbonyl (C=O) groups excluding carboxylic acids is 3. The molecule has 2 atom stereocenters. The number of carbonyl (C=O) groups is 3. The van der Waals surface area contributed by atoms with Crippen LogP contribution in [0.3, 0.4) is 0 Å². The van der Waals surface area contributed by atoms with Crippen molar-refractivity contribution in [2.45, 2.75) is 38.7 Å². The fourth-order valence-corrected chi connectivity index (χ4v) is 2.15. The lowest BCUT2D eigenvalue weighted by Crippen LogP contribution is -2.53. The van der Waals surface area contributed by atoms with E-state index >= 15 is 0 Å². The summed E-state index contributed by atoms with van der Waals surface area (Å²) >= 11 is 0. The molecule has 0 aromatic heterocycles. The monoisotopic (exact) mass is 425 g/mol. The highest BCUT2D eigenvalue weighted by molar-refractivity contribution is 5.97. The molecule has 28 heavy (non-hydrogen) atoms. The smallest absolute Gasteiger partial charge is 0.382 e. The molecule has 164 valence electrons. The molecule has 0 spiro atoms. The SMILES string of the molecule is CNC(=O)[C@H](CC(C)C)[C@H](O)C(=O)N(O)C(=O)NCC(C(F)(F)F)C(F)(F)F. The topological polar surface area (TPSA) is 119 Å². The van der Waals surface area contributed by atoms with Crippen molar-refractivity contribution in [2.24, 2.45) is 17.8 Å². The van der Waals surface area contributed by atoms with E-state index < -0.39 is 59.7 Å². The van der Waals surface area contributed by atoms with Gasteiger partial charge >= 0.3 is 18.4 Å². The molecule has 0 radical (unpaired) electrons. The van der Waals surface area contributed by atoms with E-state index in [4.69, 9.17) is 0 Å². The average molecular weight is 425 g/mol. The summed E-state index contributed by atoms with van der Waals surface area (Å²) in [6.07, 6.45) is -13.8. The Labute approximate surface area is 155 Å². The van der Waals surface area contributed by atoms with Gasteiger partial charge in [0.1, 0.15) is 6.10 Å². The van der Waals surface area contributed by atoms with E-state index in [1.165, 1.54) is 7.05 Å². The summed E-state index contributed by atoms with van der Waals surface area (Å²) in [5.41, 5.74) is 0. The zero-order chi connectivity index (χ0) is 22.4. The third-order valence-electron chi connectivity index (χ3n) is 3.59. The van der Waals surface area contributed by atoms with E-state index in [0.29, 0.717) is 0 Å². The Kier molecular flexibility index (Phi) is 9.17. The van der Waals surface area contributed by atoms with Crippen LogP contribution in [0.25, 0.3) is 0 Å². The maximum absolute atomic E-state index is 12.4. The number of halogens is 6. The Bertz CT molecular complexity index is 553. The van der Waals surface area contributed by atoms with Gasteiger partial charge in [0.25, 0.3) is 5.91 Å². The summed E-state index contributed by atoms with van der Waals surface area (Å²) in [5, 5.41) is 21.8. The van der Waals surface area contributed by atoms with Gasteiger partial charge in [0, 0.05) is 13.6 Å². The molecule has 4 N–H and O–H groups in total. The second-order valence-corrected chi connectivity index (χ2v) is 6.27. The van der Waals surface area contributed by atoms with Crippen molar-refractivity contribution in [3.8, 4) is 0 Å². The molecule has 0 saturated carbocycles. The lowest BCUT2D eigenvalue weighted by atomic mass is 9.90. The summed E-state index contributed by atoms with van der Waals surface area (Å²) in [6, 6.07) is -2.03. The molecule has 8 nitrogen and oxygen atoms in total. The molecule has 0 fully saturated rings. The first kappa shape index (κ1) is 25.9. The third-order valence-corrected chi connectivity index (χ3v) is 3.59. The molecular formula is C14H21F6N3O5. The summed E-state index contributed by atoms with van der Waals surface area (Å²) in [4.78, 5) is 35.2. The summed E-state index contributed by atoms with van der Waals surface area (Å²) < 4.78 is 74.5. The van der Waals surface area contributed by atoms with Crippen LogP contribution in [-0.4, -0.2) is 65.3 Å². The number of hydrogen-bond donors (Lipinski definition) is 4. The molecule has 0 aliphatic carbocycles. The van der Waals surface area contributed by atoms with Crippen LogP contribution in [0.5, 0.6) is 0 Å². The quantitative estimate of drug-likeness (QED) is 0.280. The van der Waals surface area contributed by atoms with Crippen LogP contribution in [0, 0.1) is 17.8 Å². The number of aliphatic hydroxyl groups excluding tert-OH is 1. The molecule has 0 aliphatic heterocycles. The minimum absolute atomic E-state index is 0.0632. The molecule has 0 aromatic rings. The first-order valence-corrected chi connectivity index (χ1v) is 7.87. The molecule has 0 rings (SSSR count). The van der Waals surface area contributed by atoms with Gasteiger partial charge in [0.15, 0.2) is 5.92 Å². The largest absolute Gasteiger partial charge is 0.402 e. The van der Waals surface area contributed by atoms with Gasteiger partial charge in [0.05, 0.1) is 5.92 Å².